The van der Waals surface area contributed by atoms with Gasteiger partial charge in [0, 0.05) is 18.0 Å². The highest BCUT2D eigenvalue weighted by atomic mass is 32.1. The van der Waals surface area contributed by atoms with Gasteiger partial charge in [-0.3, -0.25) is 4.79 Å². The Morgan fingerprint density at radius 1 is 1.33 bits per heavy atom. The van der Waals surface area contributed by atoms with E-state index < -0.39 is 0 Å². The predicted octanol–water partition coefficient (Wildman–Crippen LogP) is 2.22. The van der Waals surface area contributed by atoms with Gasteiger partial charge in [-0.1, -0.05) is 6.42 Å². The average Bonchev–Trinajstić information content (AvgIpc) is 2.90. The minimum absolute atomic E-state index is 0.115. The maximum Gasteiger partial charge on any atom is 0.264 e. The SMILES string of the molecule is O=C(c1cc2c(s1)CCCCC2)N1CCC(O)C1. The lowest BCUT2D eigenvalue weighted by Crippen LogP contribution is -2.28. The van der Waals surface area contributed by atoms with E-state index in [1.54, 1.807) is 16.2 Å². The molecule has 2 heterocycles. The normalized spacial score (nSPS) is 23.8. The Labute approximate surface area is 111 Å². The molecule has 1 aliphatic carbocycles. The van der Waals surface area contributed by atoms with E-state index in [4.69, 9.17) is 0 Å². The molecule has 2 aliphatic rings. The second-order valence-electron chi connectivity index (χ2n) is 5.31. The summed E-state index contributed by atoms with van der Waals surface area (Å²) in [6.07, 6.45) is 6.47. The van der Waals surface area contributed by atoms with Gasteiger partial charge in [0.2, 0.25) is 0 Å². The third kappa shape index (κ3) is 2.31. The number of rotatable bonds is 1. The second-order valence-corrected chi connectivity index (χ2v) is 6.45. The van der Waals surface area contributed by atoms with Crippen LogP contribution in [0.1, 0.15) is 45.8 Å². The third-order valence-electron chi connectivity index (χ3n) is 3.91. The lowest BCUT2D eigenvalue weighted by Gasteiger charge is -2.13. The van der Waals surface area contributed by atoms with Crippen molar-refractivity contribution in [2.45, 2.75) is 44.6 Å². The van der Waals surface area contributed by atoms with Crippen LogP contribution in [0.25, 0.3) is 0 Å². The number of amides is 1. The molecular weight excluding hydrogens is 246 g/mol. The fourth-order valence-electron chi connectivity index (χ4n) is 2.85. The minimum atomic E-state index is -0.327. The summed E-state index contributed by atoms with van der Waals surface area (Å²) in [4.78, 5) is 16.4. The van der Waals surface area contributed by atoms with E-state index in [9.17, 15) is 9.90 Å². The molecule has 1 aliphatic heterocycles. The van der Waals surface area contributed by atoms with Crippen molar-refractivity contribution in [2.75, 3.05) is 13.1 Å². The summed E-state index contributed by atoms with van der Waals surface area (Å²) in [7, 11) is 0. The molecule has 1 N–H and O–H groups in total. The van der Waals surface area contributed by atoms with Gasteiger partial charge < -0.3 is 10.0 Å². The number of aryl methyl sites for hydroxylation is 2. The molecule has 1 aromatic heterocycles. The number of carbonyl (C=O) groups is 1. The smallest absolute Gasteiger partial charge is 0.264 e. The molecule has 18 heavy (non-hydrogen) atoms. The Kier molecular flexibility index (Phi) is 3.39. The van der Waals surface area contributed by atoms with Crippen molar-refractivity contribution in [3.05, 3.63) is 21.4 Å². The van der Waals surface area contributed by atoms with Crippen LogP contribution >= 0.6 is 11.3 Å². The van der Waals surface area contributed by atoms with Gasteiger partial charge >= 0.3 is 0 Å². The third-order valence-corrected chi connectivity index (χ3v) is 5.13. The van der Waals surface area contributed by atoms with E-state index in [1.165, 1.54) is 29.7 Å². The fourth-order valence-corrected chi connectivity index (χ4v) is 4.08. The molecule has 1 fully saturated rings. The van der Waals surface area contributed by atoms with Gasteiger partial charge in [0.25, 0.3) is 5.91 Å². The van der Waals surface area contributed by atoms with Crippen LogP contribution in [0.2, 0.25) is 0 Å². The molecule has 1 aromatic rings. The van der Waals surface area contributed by atoms with Crippen LogP contribution in [-0.4, -0.2) is 35.1 Å². The zero-order chi connectivity index (χ0) is 12.5. The van der Waals surface area contributed by atoms with Gasteiger partial charge in [0.1, 0.15) is 0 Å². The highest BCUT2D eigenvalue weighted by Gasteiger charge is 2.27. The van der Waals surface area contributed by atoms with E-state index in [0.717, 1.165) is 24.1 Å². The summed E-state index contributed by atoms with van der Waals surface area (Å²) in [6, 6.07) is 2.10. The number of likely N-dealkylation sites (tertiary alicyclic amines) is 1. The lowest BCUT2D eigenvalue weighted by atomic mass is 10.1. The summed E-state index contributed by atoms with van der Waals surface area (Å²) in [5, 5.41) is 9.50. The Morgan fingerprint density at radius 2 is 2.17 bits per heavy atom. The minimum Gasteiger partial charge on any atom is -0.391 e. The molecule has 1 unspecified atom stereocenters. The fraction of sp³-hybridized carbons (Fsp3) is 0.643. The molecule has 98 valence electrons. The number of hydrogen-bond donors (Lipinski definition) is 1. The van der Waals surface area contributed by atoms with Crippen LogP contribution < -0.4 is 0 Å². The van der Waals surface area contributed by atoms with E-state index >= 15 is 0 Å². The first kappa shape index (κ1) is 12.2. The topological polar surface area (TPSA) is 40.5 Å². The number of fused-ring (bicyclic) bond motifs is 1. The van der Waals surface area contributed by atoms with E-state index in [2.05, 4.69) is 6.07 Å². The van der Waals surface area contributed by atoms with Crippen molar-refractivity contribution in [1.29, 1.82) is 0 Å². The number of β-amino-alcohol motifs (C(OH)–C–C–N with tert-alkyl or cyclic N) is 1. The Balaban J connectivity index is 1.78. The van der Waals surface area contributed by atoms with Crippen molar-refractivity contribution >= 4 is 17.2 Å². The summed E-state index contributed by atoms with van der Waals surface area (Å²) in [5.74, 6) is 0.115. The van der Waals surface area contributed by atoms with Gasteiger partial charge in [0.15, 0.2) is 0 Å². The molecule has 1 saturated heterocycles. The van der Waals surface area contributed by atoms with Crippen molar-refractivity contribution in [3.8, 4) is 0 Å². The molecule has 0 saturated carbocycles. The Hall–Kier alpha value is -0.870. The van der Waals surface area contributed by atoms with Crippen LogP contribution in [0.3, 0.4) is 0 Å². The molecule has 1 atom stereocenters. The number of thiophene rings is 1. The molecule has 3 nitrogen and oxygen atoms in total. The number of hydrogen-bond acceptors (Lipinski definition) is 3. The van der Waals surface area contributed by atoms with E-state index in [1.807, 2.05) is 0 Å². The zero-order valence-electron chi connectivity index (χ0n) is 10.5. The molecule has 1 amide bonds. The number of carbonyl (C=O) groups excluding carboxylic acids is 1. The monoisotopic (exact) mass is 265 g/mol. The van der Waals surface area contributed by atoms with Crippen molar-refractivity contribution in [2.24, 2.45) is 0 Å². The van der Waals surface area contributed by atoms with E-state index in [0.29, 0.717) is 13.1 Å². The summed E-state index contributed by atoms with van der Waals surface area (Å²) in [6.45, 7) is 1.20. The molecule has 0 bridgehead atoms. The van der Waals surface area contributed by atoms with Gasteiger partial charge in [-0.2, -0.15) is 0 Å². The van der Waals surface area contributed by atoms with Crippen LogP contribution in [0.15, 0.2) is 6.07 Å². The van der Waals surface area contributed by atoms with Crippen LogP contribution in [0.4, 0.5) is 0 Å². The Morgan fingerprint density at radius 3 is 2.94 bits per heavy atom. The van der Waals surface area contributed by atoms with Crippen LogP contribution in [0, 0.1) is 0 Å². The molecule has 0 aromatic carbocycles. The number of aliphatic hydroxyl groups is 1. The van der Waals surface area contributed by atoms with Gasteiger partial charge in [0.05, 0.1) is 11.0 Å². The number of nitrogens with zero attached hydrogens (tertiary/aromatic N) is 1. The maximum absolute atomic E-state index is 12.3. The lowest BCUT2D eigenvalue weighted by molar-refractivity contribution is 0.0769. The van der Waals surface area contributed by atoms with Gasteiger partial charge in [-0.05, 0) is 43.7 Å². The molecule has 0 spiro atoms. The Bertz CT molecular complexity index is 431. The first-order valence-electron chi connectivity index (χ1n) is 6.83. The highest BCUT2D eigenvalue weighted by Crippen LogP contribution is 2.30. The number of aliphatic hydroxyl groups excluding tert-OH is 1. The van der Waals surface area contributed by atoms with Crippen molar-refractivity contribution in [3.63, 3.8) is 0 Å². The zero-order valence-corrected chi connectivity index (χ0v) is 11.3. The average molecular weight is 265 g/mol. The molecule has 0 radical (unpaired) electrons. The summed E-state index contributed by atoms with van der Waals surface area (Å²) < 4.78 is 0. The molecular formula is C14H19NO2S. The maximum atomic E-state index is 12.3. The van der Waals surface area contributed by atoms with E-state index in [-0.39, 0.29) is 12.0 Å². The highest BCUT2D eigenvalue weighted by molar-refractivity contribution is 7.14. The molecule has 3 rings (SSSR count). The second kappa shape index (κ2) is 5.02. The standard InChI is InChI=1S/C14H19NO2S/c16-11-6-7-15(9-11)14(17)13-8-10-4-2-1-3-5-12(10)18-13/h8,11,16H,1-7,9H2. The predicted molar refractivity (Wildman–Crippen MR) is 72.1 cm³/mol. The quantitative estimate of drug-likeness (QED) is 0.791. The first-order chi connectivity index (χ1) is 8.74. The largest absolute Gasteiger partial charge is 0.391 e. The van der Waals surface area contributed by atoms with Crippen LogP contribution in [0.5, 0.6) is 0 Å². The first-order valence-corrected chi connectivity index (χ1v) is 7.64. The summed E-state index contributed by atoms with van der Waals surface area (Å²) in [5.41, 5.74) is 1.39. The van der Waals surface area contributed by atoms with Gasteiger partial charge in [-0.25, -0.2) is 0 Å². The van der Waals surface area contributed by atoms with Crippen molar-refractivity contribution in [1.82, 2.24) is 4.90 Å². The van der Waals surface area contributed by atoms with Crippen LogP contribution in [-0.2, 0) is 12.8 Å². The summed E-state index contributed by atoms with van der Waals surface area (Å²) >= 11 is 1.67. The van der Waals surface area contributed by atoms with Gasteiger partial charge in [-0.15, -0.1) is 11.3 Å². The van der Waals surface area contributed by atoms with Crippen molar-refractivity contribution < 1.29 is 9.90 Å². The molecule has 4 heteroatoms.